The summed E-state index contributed by atoms with van der Waals surface area (Å²) in [5.41, 5.74) is 6.61. The van der Waals surface area contributed by atoms with Crippen molar-refractivity contribution >= 4 is 21.2 Å². The molecule has 19 heavy (non-hydrogen) atoms. The smallest absolute Gasteiger partial charge is 0.162 e. The Morgan fingerprint density at radius 2 is 2.53 bits per heavy atom. The highest BCUT2D eigenvalue weighted by atomic mass is 31.1. The molecule has 0 bridgehead atoms. The Hall–Kier alpha value is -1.05. The van der Waals surface area contributed by atoms with E-state index in [1.165, 1.54) is 0 Å². The van der Waals surface area contributed by atoms with Gasteiger partial charge in [-0.2, -0.15) is 0 Å². The van der Waals surface area contributed by atoms with Gasteiger partial charge in [0.1, 0.15) is 18.1 Å². The first-order valence-electron chi connectivity index (χ1n) is 6.07. The van der Waals surface area contributed by atoms with Crippen molar-refractivity contribution in [3.05, 3.63) is 12.0 Å². The molecule has 2 unspecified atom stereocenters. The standard InChI is InChI=1S/C10H16N5O3P/c11-9-8-10(13-4-12-9)15(5-14-8)7-2-1-6(18-7)3-17-19-16/h4-7,9,16,19H,1-3,11H2,(H,12,13)/t6-,7+,9?/m0/s1. The van der Waals surface area contributed by atoms with Gasteiger partial charge in [0.05, 0.1) is 25.4 Å². The molecule has 4 N–H and O–H groups in total. The van der Waals surface area contributed by atoms with Crippen LogP contribution in [0.5, 0.6) is 0 Å². The molecule has 0 aliphatic carbocycles. The Morgan fingerprint density at radius 1 is 1.63 bits per heavy atom. The summed E-state index contributed by atoms with van der Waals surface area (Å²) in [6.07, 6.45) is 4.60. The highest BCUT2D eigenvalue weighted by Crippen LogP contribution is 2.35. The van der Waals surface area contributed by atoms with Crippen LogP contribution >= 0.6 is 9.03 Å². The number of aromatic nitrogens is 2. The first-order valence-corrected chi connectivity index (χ1v) is 6.92. The van der Waals surface area contributed by atoms with Crippen LogP contribution in [0.4, 0.5) is 5.82 Å². The number of fused-ring (bicyclic) bond motifs is 1. The van der Waals surface area contributed by atoms with Crippen LogP contribution in [0, 0.1) is 0 Å². The highest BCUT2D eigenvalue weighted by molar-refractivity contribution is 7.24. The number of hydrogen-bond acceptors (Lipinski definition) is 7. The second-order valence-electron chi connectivity index (χ2n) is 4.46. The Kier molecular flexibility index (Phi) is 3.76. The molecular weight excluding hydrogens is 269 g/mol. The second-order valence-corrected chi connectivity index (χ2v) is 4.93. The van der Waals surface area contributed by atoms with Crippen molar-refractivity contribution in [2.75, 3.05) is 6.61 Å². The lowest BCUT2D eigenvalue weighted by atomic mass is 10.2. The maximum atomic E-state index is 8.66. The molecule has 2 aliphatic rings. The second kappa shape index (κ2) is 5.52. The minimum atomic E-state index is -0.497. The third-order valence-electron chi connectivity index (χ3n) is 3.26. The summed E-state index contributed by atoms with van der Waals surface area (Å²) < 4.78 is 12.7. The zero-order valence-electron chi connectivity index (χ0n) is 10.2. The third kappa shape index (κ3) is 2.50. The highest BCUT2D eigenvalue weighted by Gasteiger charge is 2.30. The lowest BCUT2D eigenvalue weighted by molar-refractivity contribution is -0.0157. The van der Waals surface area contributed by atoms with Crippen LogP contribution < -0.4 is 11.1 Å². The minimum Gasteiger partial charge on any atom is -0.356 e. The molecule has 0 spiro atoms. The molecule has 3 heterocycles. The number of nitrogens with zero attached hydrogens (tertiary/aromatic N) is 3. The summed E-state index contributed by atoms with van der Waals surface area (Å²) in [4.78, 5) is 17.2. The van der Waals surface area contributed by atoms with E-state index >= 15 is 0 Å². The number of ether oxygens (including phenoxy) is 1. The van der Waals surface area contributed by atoms with Crippen LogP contribution in [0.25, 0.3) is 0 Å². The molecule has 1 saturated heterocycles. The van der Waals surface area contributed by atoms with E-state index in [4.69, 9.17) is 19.9 Å². The van der Waals surface area contributed by atoms with E-state index in [0.717, 1.165) is 24.4 Å². The Balaban J connectivity index is 1.73. The van der Waals surface area contributed by atoms with Crippen molar-refractivity contribution in [1.82, 2.24) is 14.9 Å². The third-order valence-corrected chi connectivity index (χ3v) is 3.56. The number of aliphatic imine (C=N–C) groups is 1. The lowest BCUT2D eigenvalue weighted by Gasteiger charge is -2.19. The summed E-state index contributed by atoms with van der Waals surface area (Å²) in [7, 11) is -0.497. The van der Waals surface area contributed by atoms with Gasteiger partial charge in [0.2, 0.25) is 0 Å². The van der Waals surface area contributed by atoms with E-state index in [-0.39, 0.29) is 18.5 Å². The zero-order valence-corrected chi connectivity index (χ0v) is 11.2. The molecule has 4 atom stereocenters. The van der Waals surface area contributed by atoms with Crippen LogP contribution in [0.2, 0.25) is 0 Å². The maximum Gasteiger partial charge on any atom is 0.162 e. The van der Waals surface area contributed by atoms with Gasteiger partial charge >= 0.3 is 0 Å². The number of rotatable bonds is 4. The Morgan fingerprint density at radius 3 is 3.37 bits per heavy atom. The van der Waals surface area contributed by atoms with Gasteiger partial charge < -0.3 is 25.2 Å². The van der Waals surface area contributed by atoms with E-state index in [0.29, 0.717) is 6.61 Å². The van der Waals surface area contributed by atoms with E-state index in [1.54, 1.807) is 12.7 Å². The quantitative estimate of drug-likeness (QED) is 0.687. The molecule has 8 nitrogen and oxygen atoms in total. The number of imidazole rings is 1. The van der Waals surface area contributed by atoms with Gasteiger partial charge in [0.25, 0.3) is 0 Å². The molecule has 0 aromatic carbocycles. The molecule has 3 rings (SSSR count). The van der Waals surface area contributed by atoms with Crippen molar-refractivity contribution in [2.45, 2.75) is 31.3 Å². The van der Waals surface area contributed by atoms with Gasteiger partial charge in [0.15, 0.2) is 14.9 Å². The van der Waals surface area contributed by atoms with Crippen molar-refractivity contribution in [3.63, 3.8) is 0 Å². The molecule has 0 radical (unpaired) electrons. The molecule has 1 fully saturated rings. The normalized spacial score (nSPS) is 29.9. The van der Waals surface area contributed by atoms with Gasteiger partial charge in [-0.1, -0.05) is 0 Å². The van der Waals surface area contributed by atoms with E-state index in [1.807, 2.05) is 4.57 Å². The summed E-state index contributed by atoms with van der Waals surface area (Å²) >= 11 is 0. The summed E-state index contributed by atoms with van der Waals surface area (Å²) in [5, 5.41) is 2.90. The predicted molar refractivity (Wildman–Crippen MR) is 70.1 cm³/mol. The Labute approximate surface area is 112 Å². The largest absolute Gasteiger partial charge is 0.356 e. The van der Waals surface area contributed by atoms with Crippen molar-refractivity contribution < 1.29 is 14.2 Å². The molecule has 0 amide bonds. The molecule has 0 saturated carbocycles. The van der Waals surface area contributed by atoms with E-state index in [9.17, 15) is 0 Å². The van der Waals surface area contributed by atoms with Crippen molar-refractivity contribution in [1.29, 1.82) is 0 Å². The van der Waals surface area contributed by atoms with Crippen LogP contribution in [0.15, 0.2) is 11.3 Å². The molecular formula is C10H16N5O3P. The minimum absolute atomic E-state index is 0.00192. The molecule has 104 valence electrons. The Bertz CT molecular complexity index is 480. The summed E-state index contributed by atoms with van der Waals surface area (Å²) in [5.74, 6) is 0.738. The molecule has 1 aromatic rings. The fourth-order valence-electron chi connectivity index (χ4n) is 2.33. The average molecular weight is 285 g/mol. The SMILES string of the molecule is NC1NC=Nc2c1ncn2[C@H]1CC[C@@H](COPO)O1. The zero-order chi connectivity index (χ0) is 13.2. The average Bonchev–Trinajstić information content (AvgIpc) is 3.02. The van der Waals surface area contributed by atoms with Crippen molar-refractivity contribution in [2.24, 2.45) is 10.7 Å². The summed E-state index contributed by atoms with van der Waals surface area (Å²) in [6, 6.07) is 0. The first-order chi connectivity index (χ1) is 9.29. The van der Waals surface area contributed by atoms with Crippen LogP contribution in [-0.4, -0.2) is 33.5 Å². The van der Waals surface area contributed by atoms with Crippen molar-refractivity contribution in [3.8, 4) is 0 Å². The molecule has 9 heteroatoms. The van der Waals surface area contributed by atoms with Crippen LogP contribution in [0.1, 0.15) is 30.9 Å². The molecule has 2 aliphatic heterocycles. The predicted octanol–water partition coefficient (Wildman–Crippen LogP) is 0.298. The van der Waals surface area contributed by atoms with Crippen LogP contribution in [0.3, 0.4) is 0 Å². The van der Waals surface area contributed by atoms with Gasteiger partial charge in [-0.15, -0.1) is 0 Å². The fraction of sp³-hybridized carbons (Fsp3) is 0.600. The van der Waals surface area contributed by atoms with Gasteiger partial charge in [0, 0.05) is 0 Å². The first kappa shape index (κ1) is 13.0. The topological polar surface area (TPSA) is 107 Å². The number of hydrogen-bond donors (Lipinski definition) is 3. The number of nitrogens with one attached hydrogen (secondary N) is 1. The van der Waals surface area contributed by atoms with Gasteiger partial charge in [-0.05, 0) is 12.8 Å². The number of nitrogens with two attached hydrogens (primary N) is 1. The van der Waals surface area contributed by atoms with E-state index < -0.39 is 9.03 Å². The molecule has 1 aromatic heterocycles. The van der Waals surface area contributed by atoms with Gasteiger partial charge in [-0.25, -0.2) is 9.98 Å². The maximum absolute atomic E-state index is 8.66. The monoisotopic (exact) mass is 285 g/mol. The summed E-state index contributed by atoms with van der Waals surface area (Å²) in [6.45, 7) is 0.409. The fourth-order valence-corrected chi connectivity index (χ4v) is 2.59. The van der Waals surface area contributed by atoms with Gasteiger partial charge in [-0.3, -0.25) is 4.57 Å². The van der Waals surface area contributed by atoms with Crippen LogP contribution in [-0.2, 0) is 9.26 Å². The lowest BCUT2D eigenvalue weighted by Crippen LogP contribution is -2.30. The van der Waals surface area contributed by atoms with E-state index in [2.05, 4.69) is 15.3 Å².